The minimum atomic E-state index is -3.44. The van der Waals surface area contributed by atoms with Crippen molar-refractivity contribution in [3.63, 3.8) is 0 Å². The molecular weight excluding hydrogens is 395 g/mol. The minimum absolute atomic E-state index is 0.237. The van der Waals surface area contributed by atoms with Crippen molar-refractivity contribution in [3.05, 3.63) is 59.9 Å². The first-order valence-corrected chi connectivity index (χ1v) is 11.4. The van der Waals surface area contributed by atoms with E-state index in [-0.39, 0.29) is 12.4 Å². The summed E-state index contributed by atoms with van der Waals surface area (Å²) in [5, 5.41) is 0. The summed E-state index contributed by atoms with van der Waals surface area (Å²) in [7, 11) is -3.44. The number of carbonyl (C=O) groups is 1. The van der Waals surface area contributed by atoms with E-state index in [1.807, 2.05) is 30.3 Å². The van der Waals surface area contributed by atoms with Crippen LogP contribution in [-0.2, 0) is 21.2 Å². The molecule has 1 aliphatic rings. The van der Waals surface area contributed by atoms with Crippen molar-refractivity contribution in [1.29, 1.82) is 0 Å². The van der Waals surface area contributed by atoms with Crippen LogP contribution in [0.1, 0.15) is 18.9 Å². The number of ether oxygens (including phenoxy) is 1. The summed E-state index contributed by atoms with van der Waals surface area (Å²) in [5.41, 5.74) is 2.04. The second-order valence-corrected chi connectivity index (χ2v) is 8.91. The van der Waals surface area contributed by atoms with Gasteiger partial charge in [0.1, 0.15) is 5.82 Å². The lowest BCUT2D eigenvalue weighted by atomic mass is 9.96. The highest BCUT2D eigenvalue weighted by Gasteiger charge is 2.39. The molecular formula is C21H25FN2O4S. The van der Waals surface area contributed by atoms with Gasteiger partial charge in [0.25, 0.3) is 0 Å². The number of likely N-dealkylation sites (tertiary alicyclic amines) is 1. The van der Waals surface area contributed by atoms with Crippen molar-refractivity contribution < 1.29 is 22.3 Å². The van der Waals surface area contributed by atoms with Crippen LogP contribution in [0.2, 0.25) is 0 Å². The van der Waals surface area contributed by atoms with Crippen LogP contribution in [0, 0.1) is 5.82 Å². The fraction of sp³-hybridized carbons (Fsp3) is 0.381. The molecule has 6 nitrogen and oxygen atoms in total. The number of hydrogen-bond donors (Lipinski definition) is 1. The third kappa shape index (κ3) is 5.33. The maximum absolute atomic E-state index is 14.4. The lowest BCUT2D eigenvalue weighted by Gasteiger charge is -2.28. The number of hydrogen-bond acceptors (Lipinski definition) is 4. The molecule has 1 N–H and O–H groups in total. The van der Waals surface area contributed by atoms with Gasteiger partial charge in [-0.25, -0.2) is 22.3 Å². The molecule has 0 aromatic heterocycles. The van der Waals surface area contributed by atoms with Gasteiger partial charge in [-0.05, 0) is 43.0 Å². The van der Waals surface area contributed by atoms with E-state index in [9.17, 15) is 17.6 Å². The highest BCUT2D eigenvalue weighted by atomic mass is 32.2. The molecule has 29 heavy (non-hydrogen) atoms. The topological polar surface area (TPSA) is 75.7 Å². The Morgan fingerprint density at radius 3 is 2.62 bits per heavy atom. The number of rotatable bonds is 6. The average molecular weight is 421 g/mol. The van der Waals surface area contributed by atoms with Gasteiger partial charge < -0.3 is 9.64 Å². The first-order valence-electron chi connectivity index (χ1n) is 9.53. The molecule has 1 heterocycles. The Balaban J connectivity index is 1.90. The summed E-state index contributed by atoms with van der Waals surface area (Å²) in [5.74, 6) is -0.334. The molecule has 2 unspecified atom stereocenters. The van der Waals surface area contributed by atoms with Gasteiger partial charge in [0, 0.05) is 18.2 Å². The van der Waals surface area contributed by atoms with E-state index in [0.717, 1.165) is 17.4 Å². The minimum Gasteiger partial charge on any atom is -0.450 e. The van der Waals surface area contributed by atoms with Gasteiger partial charge in [0.2, 0.25) is 10.0 Å². The largest absolute Gasteiger partial charge is 0.450 e. The lowest BCUT2D eigenvalue weighted by Crippen LogP contribution is -2.47. The van der Waals surface area contributed by atoms with Crippen LogP contribution >= 0.6 is 0 Å². The van der Waals surface area contributed by atoms with Crippen molar-refractivity contribution in [3.8, 4) is 11.1 Å². The summed E-state index contributed by atoms with van der Waals surface area (Å²) in [6.07, 6.45) is 1.50. The van der Waals surface area contributed by atoms with Gasteiger partial charge in [-0.1, -0.05) is 36.4 Å². The molecule has 0 spiro atoms. The number of benzene rings is 2. The molecule has 3 rings (SSSR count). The van der Waals surface area contributed by atoms with Gasteiger partial charge in [-0.2, -0.15) is 0 Å². The zero-order valence-corrected chi connectivity index (χ0v) is 17.3. The van der Waals surface area contributed by atoms with E-state index in [1.165, 1.54) is 6.07 Å². The van der Waals surface area contributed by atoms with Crippen LogP contribution in [0.25, 0.3) is 11.1 Å². The van der Waals surface area contributed by atoms with Gasteiger partial charge in [-0.15, -0.1) is 0 Å². The number of sulfonamides is 1. The van der Waals surface area contributed by atoms with Crippen LogP contribution in [0.4, 0.5) is 9.18 Å². The van der Waals surface area contributed by atoms with Crippen molar-refractivity contribution in [2.45, 2.75) is 31.8 Å². The van der Waals surface area contributed by atoms with E-state index in [0.29, 0.717) is 24.9 Å². The predicted octanol–water partition coefficient (Wildman–Crippen LogP) is 3.18. The average Bonchev–Trinajstić information content (AvgIpc) is 3.05. The Morgan fingerprint density at radius 2 is 1.97 bits per heavy atom. The lowest BCUT2D eigenvalue weighted by molar-refractivity contribution is 0.101. The zero-order chi connectivity index (χ0) is 21.0. The van der Waals surface area contributed by atoms with Crippen LogP contribution in [0.3, 0.4) is 0 Å². The van der Waals surface area contributed by atoms with Crippen molar-refractivity contribution in [2.24, 2.45) is 0 Å². The van der Waals surface area contributed by atoms with Gasteiger partial charge in [0.05, 0.1) is 18.9 Å². The fourth-order valence-electron chi connectivity index (χ4n) is 3.73. The van der Waals surface area contributed by atoms with E-state index < -0.39 is 28.2 Å². The Hall–Kier alpha value is -2.45. The molecule has 156 valence electrons. The predicted molar refractivity (Wildman–Crippen MR) is 109 cm³/mol. The molecule has 2 atom stereocenters. The van der Waals surface area contributed by atoms with Crippen molar-refractivity contribution in [1.82, 2.24) is 9.62 Å². The fourth-order valence-corrected chi connectivity index (χ4v) is 4.56. The standard InChI is InChI=1S/C21H25FN2O4S/c1-3-28-21(25)24-12-11-19(23-29(2,26)27)20(24)14-15-9-10-18(22)17(13-15)16-7-5-4-6-8-16/h4-10,13,19-20,23H,3,11-12,14H2,1-2H3. The molecule has 0 aliphatic carbocycles. The SMILES string of the molecule is CCOC(=O)N1CCC(NS(C)(=O)=O)C1Cc1ccc(F)c(-c2ccccc2)c1. The Morgan fingerprint density at radius 1 is 1.24 bits per heavy atom. The molecule has 2 aromatic rings. The molecule has 1 fully saturated rings. The Kier molecular flexibility index (Phi) is 6.54. The number of halogens is 1. The summed E-state index contributed by atoms with van der Waals surface area (Å²) in [6, 6.07) is 13.2. The molecule has 1 saturated heterocycles. The quantitative estimate of drug-likeness (QED) is 0.779. The number of nitrogens with one attached hydrogen (secondary N) is 1. The van der Waals surface area contributed by atoms with Gasteiger partial charge in [0.15, 0.2) is 0 Å². The summed E-state index contributed by atoms with van der Waals surface area (Å²) in [6.45, 7) is 2.35. The number of amides is 1. The first kappa shape index (κ1) is 21.3. The molecule has 8 heteroatoms. The number of nitrogens with zero attached hydrogens (tertiary/aromatic N) is 1. The van der Waals surface area contributed by atoms with Gasteiger partial charge >= 0.3 is 6.09 Å². The molecule has 1 amide bonds. The highest BCUT2D eigenvalue weighted by molar-refractivity contribution is 7.88. The molecule has 0 bridgehead atoms. The van der Waals surface area contributed by atoms with Crippen LogP contribution in [-0.4, -0.2) is 50.9 Å². The van der Waals surface area contributed by atoms with E-state index in [4.69, 9.17) is 4.74 Å². The molecule has 1 aliphatic heterocycles. The van der Waals surface area contributed by atoms with E-state index >= 15 is 0 Å². The normalized spacial score (nSPS) is 19.3. The van der Waals surface area contributed by atoms with Gasteiger partial charge in [-0.3, -0.25) is 0 Å². The van der Waals surface area contributed by atoms with Crippen molar-refractivity contribution in [2.75, 3.05) is 19.4 Å². The maximum atomic E-state index is 14.4. The second kappa shape index (κ2) is 8.92. The van der Waals surface area contributed by atoms with Crippen molar-refractivity contribution >= 4 is 16.1 Å². The van der Waals surface area contributed by atoms with E-state index in [1.54, 1.807) is 24.0 Å². The third-order valence-electron chi connectivity index (χ3n) is 4.97. The van der Waals surface area contributed by atoms with E-state index in [2.05, 4.69) is 4.72 Å². The maximum Gasteiger partial charge on any atom is 0.410 e. The zero-order valence-electron chi connectivity index (χ0n) is 16.5. The third-order valence-corrected chi connectivity index (χ3v) is 5.70. The smallest absolute Gasteiger partial charge is 0.410 e. The Labute approximate surface area is 170 Å². The molecule has 0 saturated carbocycles. The monoisotopic (exact) mass is 420 g/mol. The molecule has 0 radical (unpaired) electrons. The summed E-state index contributed by atoms with van der Waals surface area (Å²) in [4.78, 5) is 13.9. The number of carbonyl (C=O) groups excluding carboxylic acids is 1. The highest BCUT2D eigenvalue weighted by Crippen LogP contribution is 2.28. The van der Waals surface area contributed by atoms with Crippen LogP contribution in [0.15, 0.2) is 48.5 Å². The summed E-state index contributed by atoms with van der Waals surface area (Å²) < 4.78 is 45.7. The molecule has 2 aromatic carbocycles. The second-order valence-electron chi connectivity index (χ2n) is 7.13. The van der Waals surface area contributed by atoms with Crippen LogP contribution < -0.4 is 4.72 Å². The van der Waals surface area contributed by atoms with Crippen LogP contribution in [0.5, 0.6) is 0 Å². The Bertz CT molecular complexity index is 966. The first-order chi connectivity index (χ1) is 13.8. The summed E-state index contributed by atoms with van der Waals surface area (Å²) >= 11 is 0.